The molecule has 45 heavy (non-hydrogen) atoms. The van der Waals surface area contributed by atoms with Crippen molar-refractivity contribution in [1.29, 1.82) is 0 Å². The van der Waals surface area contributed by atoms with Crippen molar-refractivity contribution in [3.8, 4) is 0 Å². The first-order valence-electron chi connectivity index (χ1n) is 15.5. The summed E-state index contributed by atoms with van der Waals surface area (Å²) in [6.07, 6.45) is 2.04. The molecule has 0 saturated carbocycles. The topological polar surface area (TPSA) is 6.48 Å². The summed E-state index contributed by atoms with van der Waals surface area (Å²) >= 11 is 0. The van der Waals surface area contributed by atoms with Gasteiger partial charge in [0.1, 0.15) is 0 Å². The Kier molecular flexibility index (Phi) is 7.41. The molecule has 0 saturated heterocycles. The Morgan fingerprint density at radius 3 is 1.29 bits per heavy atom. The normalized spacial score (nSPS) is 11.1. The van der Waals surface area contributed by atoms with Crippen molar-refractivity contribution in [2.75, 3.05) is 9.80 Å². The molecule has 0 aliphatic rings. The van der Waals surface area contributed by atoms with E-state index in [0.29, 0.717) is 0 Å². The lowest BCUT2D eigenvalue weighted by atomic mass is 9.88. The maximum absolute atomic E-state index is 4.42. The van der Waals surface area contributed by atoms with Gasteiger partial charge in [0.05, 0.1) is 11.4 Å². The second kappa shape index (κ2) is 11.8. The quantitative estimate of drug-likeness (QED) is 0.173. The van der Waals surface area contributed by atoms with Crippen LogP contribution in [0.2, 0.25) is 0 Å². The molecule has 0 unspecified atom stereocenters. The number of hydrogen-bond acceptors (Lipinski definition) is 2. The number of nitrogens with zero attached hydrogens (tertiary/aromatic N) is 2. The number of benzene rings is 7. The van der Waals surface area contributed by atoms with Crippen molar-refractivity contribution in [1.82, 2.24) is 0 Å². The van der Waals surface area contributed by atoms with Gasteiger partial charge in [-0.05, 0) is 114 Å². The molecule has 2 nitrogen and oxygen atoms in total. The van der Waals surface area contributed by atoms with E-state index in [-0.39, 0.29) is 0 Å². The molecule has 0 amide bonds. The molecule has 0 spiro atoms. The Hall–Kier alpha value is -5.60. The fraction of sp³-hybridized carbons (Fsp3) is 0.0698. The van der Waals surface area contributed by atoms with E-state index >= 15 is 0 Å². The summed E-state index contributed by atoms with van der Waals surface area (Å²) in [6.45, 7) is 11.1. The van der Waals surface area contributed by atoms with Crippen LogP contribution in [-0.2, 0) is 0 Å². The lowest BCUT2D eigenvalue weighted by Gasteiger charge is -2.30. The zero-order valence-corrected chi connectivity index (χ0v) is 26.0. The number of para-hydroxylation sites is 4. The summed E-state index contributed by atoms with van der Waals surface area (Å²) < 4.78 is 0. The molecular formula is C43H36N2. The molecule has 0 atom stereocenters. The minimum atomic E-state index is 1.11. The molecule has 0 heterocycles. The summed E-state index contributed by atoms with van der Waals surface area (Å²) in [4.78, 5) is 4.74. The van der Waals surface area contributed by atoms with Crippen molar-refractivity contribution >= 4 is 61.7 Å². The monoisotopic (exact) mass is 580 g/mol. The predicted octanol–water partition coefficient (Wildman–Crippen LogP) is 12.5. The van der Waals surface area contributed by atoms with Gasteiger partial charge >= 0.3 is 0 Å². The summed E-state index contributed by atoms with van der Waals surface area (Å²) in [5, 5.41) is 4.95. The summed E-state index contributed by atoms with van der Waals surface area (Å²) in [7, 11) is 0. The first kappa shape index (κ1) is 28.2. The van der Waals surface area contributed by atoms with Crippen LogP contribution in [-0.4, -0.2) is 0 Å². The highest BCUT2D eigenvalue weighted by atomic mass is 15.1. The van der Waals surface area contributed by atoms with Crippen LogP contribution in [0.25, 0.3) is 27.6 Å². The Morgan fingerprint density at radius 2 is 0.844 bits per heavy atom. The van der Waals surface area contributed by atoms with E-state index in [0.717, 1.165) is 39.7 Å². The first-order chi connectivity index (χ1) is 22.1. The molecule has 0 bridgehead atoms. The molecule has 0 aliphatic carbocycles. The van der Waals surface area contributed by atoms with Gasteiger partial charge in [0.15, 0.2) is 0 Å². The van der Waals surface area contributed by atoms with E-state index in [4.69, 9.17) is 0 Å². The first-order valence-corrected chi connectivity index (χ1v) is 15.5. The molecule has 0 N–H and O–H groups in total. The van der Waals surface area contributed by atoms with Crippen LogP contribution < -0.4 is 9.80 Å². The van der Waals surface area contributed by atoms with Crippen LogP contribution in [0, 0.1) is 20.8 Å². The molecular weight excluding hydrogens is 544 g/mol. The van der Waals surface area contributed by atoms with Crippen LogP contribution in [0.15, 0.2) is 152 Å². The number of fused-ring (bicyclic) bond motifs is 3. The SMILES string of the molecule is C=Cc1c(N(c2ccccc2)c2ccccc2)cc(C)c2ccc3c(N(c4ccccc4)c4ccccc4)cc(C)c(C)c3c12. The van der Waals surface area contributed by atoms with Crippen molar-refractivity contribution in [2.45, 2.75) is 20.8 Å². The summed E-state index contributed by atoms with van der Waals surface area (Å²) in [5.74, 6) is 0. The fourth-order valence-electron chi connectivity index (χ4n) is 6.63. The van der Waals surface area contributed by atoms with Crippen molar-refractivity contribution in [3.63, 3.8) is 0 Å². The third-order valence-electron chi connectivity index (χ3n) is 8.87. The highest BCUT2D eigenvalue weighted by Gasteiger charge is 2.23. The number of hydrogen-bond donors (Lipinski definition) is 0. The standard InChI is InChI=1S/C43H36N2/c1-5-37-40(44(33-18-10-6-11-19-33)34-20-12-7-13-21-34)29-31(3)38-26-27-39-41(28-30(2)32(4)42(39)43(37)38)45(35-22-14-8-15-23-35)36-24-16-9-17-25-36/h5-29H,1H2,2-4H3. The minimum absolute atomic E-state index is 1.11. The van der Waals surface area contributed by atoms with E-state index in [9.17, 15) is 0 Å². The average molecular weight is 581 g/mol. The Balaban J connectivity index is 1.60. The van der Waals surface area contributed by atoms with Crippen LogP contribution in [0.4, 0.5) is 34.1 Å². The van der Waals surface area contributed by atoms with Gasteiger partial charge in [-0.1, -0.05) is 97.6 Å². The Morgan fingerprint density at radius 1 is 0.444 bits per heavy atom. The van der Waals surface area contributed by atoms with E-state index in [2.05, 4.69) is 183 Å². The largest absolute Gasteiger partial charge is 0.310 e. The van der Waals surface area contributed by atoms with Gasteiger partial charge in [0, 0.05) is 33.7 Å². The van der Waals surface area contributed by atoms with E-state index < -0.39 is 0 Å². The number of rotatable bonds is 7. The van der Waals surface area contributed by atoms with Gasteiger partial charge in [-0.3, -0.25) is 0 Å². The van der Waals surface area contributed by atoms with Crippen molar-refractivity contribution in [2.24, 2.45) is 0 Å². The Bertz CT molecular complexity index is 2060. The van der Waals surface area contributed by atoms with Crippen LogP contribution in [0.3, 0.4) is 0 Å². The van der Waals surface area contributed by atoms with Gasteiger partial charge in [-0.25, -0.2) is 0 Å². The highest BCUT2D eigenvalue weighted by Crippen LogP contribution is 2.47. The van der Waals surface area contributed by atoms with Gasteiger partial charge in [0.25, 0.3) is 0 Å². The molecule has 0 aliphatic heterocycles. The average Bonchev–Trinajstić information content (AvgIpc) is 3.09. The third-order valence-corrected chi connectivity index (χ3v) is 8.87. The molecule has 7 rings (SSSR count). The van der Waals surface area contributed by atoms with Gasteiger partial charge in [-0.2, -0.15) is 0 Å². The van der Waals surface area contributed by atoms with Gasteiger partial charge < -0.3 is 9.80 Å². The van der Waals surface area contributed by atoms with Gasteiger partial charge in [0.2, 0.25) is 0 Å². The molecule has 0 aromatic heterocycles. The zero-order valence-electron chi connectivity index (χ0n) is 26.0. The van der Waals surface area contributed by atoms with E-state index in [1.807, 2.05) is 6.08 Å². The van der Waals surface area contributed by atoms with E-state index in [1.165, 1.54) is 38.2 Å². The molecule has 2 heteroatoms. The predicted molar refractivity (Wildman–Crippen MR) is 195 cm³/mol. The smallest absolute Gasteiger partial charge is 0.0543 e. The lowest BCUT2D eigenvalue weighted by molar-refractivity contribution is 1.27. The zero-order chi connectivity index (χ0) is 30.9. The van der Waals surface area contributed by atoms with Crippen molar-refractivity contribution in [3.05, 3.63) is 174 Å². The Labute approximate surface area is 266 Å². The van der Waals surface area contributed by atoms with Gasteiger partial charge in [-0.15, -0.1) is 0 Å². The molecule has 7 aromatic rings. The lowest BCUT2D eigenvalue weighted by Crippen LogP contribution is -2.12. The fourth-order valence-corrected chi connectivity index (χ4v) is 6.63. The van der Waals surface area contributed by atoms with Crippen LogP contribution in [0.5, 0.6) is 0 Å². The number of aryl methyl sites for hydroxylation is 3. The second-order valence-electron chi connectivity index (χ2n) is 11.6. The molecule has 0 radical (unpaired) electrons. The number of anilines is 6. The second-order valence-corrected chi connectivity index (χ2v) is 11.6. The minimum Gasteiger partial charge on any atom is -0.310 e. The van der Waals surface area contributed by atoms with E-state index in [1.54, 1.807) is 0 Å². The van der Waals surface area contributed by atoms with Crippen LogP contribution >= 0.6 is 0 Å². The van der Waals surface area contributed by atoms with Crippen molar-refractivity contribution < 1.29 is 0 Å². The van der Waals surface area contributed by atoms with Crippen LogP contribution in [0.1, 0.15) is 22.3 Å². The summed E-state index contributed by atoms with van der Waals surface area (Å²) in [6, 6.07) is 51.8. The highest BCUT2D eigenvalue weighted by molar-refractivity contribution is 6.19. The third kappa shape index (κ3) is 4.95. The molecule has 7 aromatic carbocycles. The summed E-state index contributed by atoms with van der Waals surface area (Å²) in [5.41, 5.74) is 11.6. The molecule has 218 valence electrons. The maximum atomic E-state index is 4.42. The maximum Gasteiger partial charge on any atom is 0.0543 e. The molecule has 0 fully saturated rings.